The van der Waals surface area contributed by atoms with Crippen molar-refractivity contribution in [3.05, 3.63) is 0 Å². The van der Waals surface area contributed by atoms with Crippen LogP contribution in [0.4, 0.5) is 4.79 Å². The average molecular weight is 293 g/mol. The van der Waals surface area contributed by atoms with E-state index in [4.69, 9.17) is 18.7 Å². The van der Waals surface area contributed by atoms with Crippen LogP contribution in [-0.4, -0.2) is 52.2 Å². The normalized spacial score (nSPS) is 13.1. The summed E-state index contributed by atoms with van der Waals surface area (Å²) in [6.07, 6.45) is -0.199. The zero-order chi connectivity index (χ0) is 14.7. The number of nitrogens with one attached hydrogen (secondary N) is 1. The van der Waals surface area contributed by atoms with Crippen LogP contribution in [0.3, 0.4) is 0 Å². The summed E-state index contributed by atoms with van der Waals surface area (Å²) in [5.41, 5.74) is 0. The Bertz CT molecular complexity index is 246. The van der Waals surface area contributed by atoms with Gasteiger partial charge in [0.25, 0.3) is 0 Å². The van der Waals surface area contributed by atoms with E-state index in [0.29, 0.717) is 19.8 Å². The van der Waals surface area contributed by atoms with Gasteiger partial charge in [-0.2, -0.15) is 0 Å². The summed E-state index contributed by atoms with van der Waals surface area (Å²) in [4.78, 5) is 11.3. The Balaban J connectivity index is 3.84. The topological polar surface area (TPSA) is 77.0 Å². The van der Waals surface area contributed by atoms with Crippen LogP contribution < -0.4 is 5.32 Å². The van der Waals surface area contributed by atoms with Crippen molar-refractivity contribution in [3.63, 3.8) is 0 Å². The zero-order valence-corrected chi connectivity index (χ0v) is 13.4. The Hall–Kier alpha value is -0.633. The highest BCUT2D eigenvalue weighted by molar-refractivity contribution is 6.66. The number of hydrogen-bond donors (Lipinski definition) is 2. The summed E-state index contributed by atoms with van der Waals surface area (Å²) >= 11 is 0. The second-order valence-corrected chi connectivity index (χ2v) is 7.77. The number of aliphatic hydroxyl groups excluding tert-OH is 1. The molecule has 0 aliphatic heterocycles. The number of hydrogen-bond acceptors (Lipinski definition) is 5. The molecule has 19 heavy (non-hydrogen) atoms. The van der Waals surface area contributed by atoms with Crippen molar-refractivity contribution in [2.45, 2.75) is 45.9 Å². The second-order valence-electron chi connectivity index (χ2n) is 4.43. The predicted molar refractivity (Wildman–Crippen MR) is 75.3 cm³/mol. The Morgan fingerprint density at radius 1 is 1.32 bits per heavy atom. The molecule has 2 N–H and O–H groups in total. The lowest BCUT2D eigenvalue weighted by molar-refractivity contribution is 0.0681. The van der Waals surface area contributed by atoms with E-state index in [1.165, 1.54) is 0 Å². The Kier molecular flexibility index (Phi) is 9.85. The van der Waals surface area contributed by atoms with E-state index >= 15 is 0 Å². The van der Waals surface area contributed by atoms with E-state index in [2.05, 4.69) is 5.32 Å². The van der Waals surface area contributed by atoms with Crippen molar-refractivity contribution in [2.75, 3.05) is 26.4 Å². The number of carbonyl (C=O) groups is 1. The molecule has 6 nitrogen and oxygen atoms in total. The second kappa shape index (κ2) is 10.2. The Labute approximate surface area is 116 Å². The van der Waals surface area contributed by atoms with Crippen molar-refractivity contribution >= 4 is 14.7 Å². The molecule has 7 heteroatoms. The number of amides is 1. The van der Waals surface area contributed by atoms with Crippen molar-refractivity contribution < 1.29 is 23.5 Å². The highest BCUT2D eigenvalue weighted by Gasteiger charge is 2.29. The minimum atomic E-state index is -2.09. The summed E-state index contributed by atoms with van der Waals surface area (Å²) in [6, 6.07) is 0.824. The molecule has 1 unspecified atom stereocenters. The quantitative estimate of drug-likeness (QED) is 0.473. The van der Waals surface area contributed by atoms with Gasteiger partial charge in [-0.3, -0.25) is 0 Å². The van der Waals surface area contributed by atoms with Gasteiger partial charge in [-0.15, -0.1) is 0 Å². The smallest absolute Gasteiger partial charge is 0.407 e. The van der Waals surface area contributed by atoms with Gasteiger partial charge < -0.3 is 24.0 Å². The van der Waals surface area contributed by atoms with Gasteiger partial charge in [-0.05, 0) is 39.8 Å². The van der Waals surface area contributed by atoms with E-state index in [-0.39, 0.29) is 6.61 Å². The largest absolute Gasteiger partial charge is 0.444 e. The first-order valence-corrected chi connectivity index (χ1v) is 9.33. The molecule has 114 valence electrons. The molecule has 0 aromatic rings. The summed E-state index contributed by atoms with van der Waals surface area (Å²) in [5, 5.41) is 11.4. The molecule has 0 aromatic carbocycles. The van der Waals surface area contributed by atoms with Gasteiger partial charge in [0.15, 0.2) is 0 Å². The van der Waals surface area contributed by atoms with Crippen LogP contribution in [0.2, 0.25) is 12.6 Å². The maximum absolute atomic E-state index is 11.3. The predicted octanol–water partition coefficient (Wildman–Crippen LogP) is 1.63. The minimum absolute atomic E-state index is 0.174. The molecule has 0 radical (unpaired) electrons. The highest BCUT2D eigenvalue weighted by Crippen LogP contribution is 2.15. The molecule has 0 spiro atoms. The fraction of sp³-hybridized carbons (Fsp3) is 0.917. The first-order chi connectivity index (χ1) is 8.97. The summed E-state index contributed by atoms with van der Waals surface area (Å²) in [5.74, 6) is 0. The molecule has 1 amide bonds. The van der Waals surface area contributed by atoms with Crippen LogP contribution in [0, 0.1) is 0 Å². The number of rotatable bonds is 10. The third-order valence-electron chi connectivity index (χ3n) is 2.54. The maximum Gasteiger partial charge on any atom is 0.407 e. The lowest BCUT2D eigenvalue weighted by atomic mass is 10.4. The van der Waals surface area contributed by atoms with Gasteiger partial charge in [0.05, 0.1) is 6.61 Å². The fourth-order valence-corrected chi connectivity index (χ4v) is 4.07. The van der Waals surface area contributed by atoms with Crippen molar-refractivity contribution in [1.29, 1.82) is 0 Å². The van der Waals surface area contributed by atoms with Crippen LogP contribution in [0.1, 0.15) is 27.2 Å². The lowest BCUT2D eigenvalue weighted by Crippen LogP contribution is -2.39. The van der Waals surface area contributed by atoms with Crippen LogP contribution in [0.5, 0.6) is 0 Å². The number of alkyl carbamates (subject to hydrolysis) is 1. The third kappa shape index (κ3) is 8.98. The molecule has 0 saturated carbocycles. The summed E-state index contributed by atoms with van der Waals surface area (Å²) < 4.78 is 16.3. The number of carbonyl (C=O) groups excluding carboxylic acids is 1. The molecule has 0 fully saturated rings. The van der Waals surface area contributed by atoms with Crippen molar-refractivity contribution in [1.82, 2.24) is 5.32 Å². The van der Waals surface area contributed by atoms with Gasteiger partial charge in [0.1, 0.15) is 6.10 Å². The number of aliphatic hydroxyl groups is 1. The first kappa shape index (κ1) is 18.4. The molecular weight excluding hydrogens is 266 g/mol. The fourth-order valence-electron chi connectivity index (χ4n) is 1.66. The monoisotopic (exact) mass is 293 g/mol. The van der Waals surface area contributed by atoms with Gasteiger partial charge in [0.2, 0.25) is 0 Å². The van der Waals surface area contributed by atoms with Gasteiger partial charge in [-0.1, -0.05) is 0 Å². The van der Waals surface area contributed by atoms with Crippen molar-refractivity contribution in [3.8, 4) is 0 Å². The molecule has 1 atom stereocenters. The van der Waals surface area contributed by atoms with Crippen LogP contribution in [-0.2, 0) is 13.6 Å². The number of ether oxygens (including phenoxy) is 1. The molecule has 0 aliphatic carbocycles. The molecule has 0 saturated heterocycles. The van der Waals surface area contributed by atoms with E-state index in [1.54, 1.807) is 6.92 Å². The molecule has 0 heterocycles. The zero-order valence-electron chi connectivity index (χ0n) is 12.4. The highest BCUT2D eigenvalue weighted by atomic mass is 28.4. The molecule has 0 aliphatic rings. The van der Waals surface area contributed by atoms with Crippen LogP contribution in [0.15, 0.2) is 0 Å². The lowest BCUT2D eigenvalue weighted by Gasteiger charge is -2.25. The van der Waals surface area contributed by atoms with Gasteiger partial charge in [-0.25, -0.2) is 4.79 Å². The Morgan fingerprint density at radius 3 is 2.37 bits per heavy atom. The molecule has 0 rings (SSSR count). The van der Waals surface area contributed by atoms with Crippen LogP contribution >= 0.6 is 0 Å². The maximum atomic E-state index is 11.3. The van der Waals surface area contributed by atoms with E-state index in [1.807, 2.05) is 20.4 Å². The van der Waals surface area contributed by atoms with E-state index < -0.39 is 20.8 Å². The summed E-state index contributed by atoms with van der Waals surface area (Å²) in [6.45, 7) is 9.21. The molecular formula is C12H27NO5Si. The SMILES string of the molecule is CCO[Si](C)(CCCNC(=O)OC(C)CO)OCC. The minimum Gasteiger partial charge on any atom is -0.444 e. The van der Waals surface area contributed by atoms with Crippen molar-refractivity contribution in [2.24, 2.45) is 0 Å². The van der Waals surface area contributed by atoms with Gasteiger partial charge >= 0.3 is 14.7 Å². The van der Waals surface area contributed by atoms with E-state index in [0.717, 1.165) is 12.5 Å². The van der Waals surface area contributed by atoms with Crippen LogP contribution in [0.25, 0.3) is 0 Å². The standard InChI is InChI=1S/C12H27NO5Si/c1-5-16-19(4,17-6-2)9-7-8-13-12(15)18-11(3)10-14/h11,14H,5-10H2,1-4H3,(H,13,15). The molecule has 0 bridgehead atoms. The summed E-state index contributed by atoms with van der Waals surface area (Å²) in [7, 11) is -2.09. The third-order valence-corrected chi connectivity index (χ3v) is 5.60. The average Bonchev–Trinajstić information content (AvgIpc) is 2.35. The Morgan fingerprint density at radius 2 is 1.89 bits per heavy atom. The van der Waals surface area contributed by atoms with E-state index in [9.17, 15) is 4.79 Å². The molecule has 0 aromatic heterocycles. The van der Waals surface area contributed by atoms with Gasteiger partial charge in [0, 0.05) is 19.8 Å². The first-order valence-electron chi connectivity index (χ1n) is 6.80.